The Hall–Kier alpha value is -0.860. The molecule has 1 heterocycles. The lowest BCUT2D eigenvalue weighted by Gasteiger charge is -2.43. The Morgan fingerprint density at radius 1 is 1.29 bits per heavy atom. The van der Waals surface area contributed by atoms with E-state index in [1.54, 1.807) is 0 Å². The molecule has 0 amide bonds. The van der Waals surface area contributed by atoms with Crippen molar-refractivity contribution in [3.63, 3.8) is 0 Å². The van der Waals surface area contributed by atoms with Crippen molar-refractivity contribution >= 4 is 17.4 Å². The number of aryl methyl sites for hydroxylation is 1. The molecular weight excluding hydrogens is 284 g/mol. The van der Waals surface area contributed by atoms with Gasteiger partial charge in [-0.25, -0.2) is 0 Å². The van der Waals surface area contributed by atoms with E-state index in [4.69, 9.17) is 16.3 Å². The van der Waals surface area contributed by atoms with Gasteiger partial charge in [-0.15, -0.1) is 0 Å². The van der Waals surface area contributed by atoms with Crippen molar-refractivity contribution in [2.75, 3.05) is 6.61 Å². The van der Waals surface area contributed by atoms with Gasteiger partial charge < -0.3 is 4.74 Å². The molecule has 2 nitrogen and oxygen atoms in total. The third-order valence-corrected chi connectivity index (χ3v) is 5.59. The second kappa shape index (κ2) is 6.10. The summed E-state index contributed by atoms with van der Waals surface area (Å²) in [5.74, 6) is 0.271. The lowest BCUT2D eigenvalue weighted by molar-refractivity contribution is -0.111. The van der Waals surface area contributed by atoms with Crippen LogP contribution in [-0.2, 0) is 4.74 Å². The van der Waals surface area contributed by atoms with Crippen LogP contribution in [-0.4, -0.2) is 18.0 Å². The highest BCUT2D eigenvalue weighted by atomic mass is 35.5. The summed E-state index contributed by atoms with van der Waals surface area (Å²) in [6.45, 7) is 2.66. The first-order chi connectivity index (χ1) is 10.1. The number of ketones is 1. The fourth-order valence-electron chi connectivity index (χ4n) is 3.85. The Morgan fingerprint density at radius 3 is 2.81 bits per heavy atom. The van der Waals surface area contributed by atoms with Crippen LogP contribution in [0, 0.1) is 12.8 Å². The maximum absolute atomic E-state index is 12.9. The molecule has 1 saturated carbocycles. The van der Waals surface area contributed by atoms with Crippen LogP contribution in [0.3, 0.4) is 0 Å². The summed E-state index contributed by atoms with van der Waals surface area (Å²) in [5, 5.41) is 0.617. The summed E-state index contributed by atoms with van der Waals surface area (Å²) in [7, 11) is 0. The van der Waals surface area contributed by atoms with Crippen molar-refractivity contribution in [2.24, 2.45) is 5.92 Å². The number of halogens is 1. The van der Waals surface area contributed by atoms with Crippen LogP contribution in [0.2, 0.25) is 5.02 Å². The van der Waals surface area contributed by atoms with Gasteiger partial charge in [0, 0.05) is 18.1 Å². The summed E-state index contributed by atoms with van der Waals surface area (Å²) in [4.78, 5) is 12.9. The molecule has 0 bridgehead atoms. The fraction of sp³-hybridized carbons (Fsp3) is 0.611. The summed E-state index contributed by atoms with van der Waals surface area (Å²) >= 11 is 6.33. The van der Waals surface area contributed by atoms with Gasteiger partial charge in [0.25, 0.3) is 0 Å². The van der Waals surface area contributed by atoms with Gasteiger partial charge in [0.15, 0.2) is 5.78 Å². The molecule has 1 unspecified atom stereocenters. The third kappa shape index (κ3) is 3.02. The van der Waals surface area contributed by atoms with Gasteiger partial charge in [0.2, 0.25) is 0 Å². The smallest absolute Gasteiger partial charge is 0.167 e. The summed E-state index contributed by atoms with van der Waals surface area (Å²) < 4.78 is 6.09. The summed E-state index contributed by atoms with van der Waals surface area (Å²) in [6, 6.07) is 5.73. The van der Waals surface area contributed by atoms with Crippen molar-refractivity contribution in [1.29, 1.82) is 0 Å². The quantitative estimate of drug-likeness (QED) is 0.722. The first kappa shape index (κ1) is 15.1. The zero-order valence-electron chi connectivity index (χ0n) is 12.7. The topological polar surface area (TPSA) is 26.3 Å². The first-order valence-corrected chi connectivity index (χ1v) is 8.42. The molecule has 114 valence electrons. The maximum Gasteiger partial charge on any atom is 0.167 e. The van der Waals surface area contributed by atoms with E-state index >= 15 is 0 Å². The largest absolute Gasteiger partial charge is 0.375 e. The van der Waals surface area contributed by atoms with E-state index in [9.17, 15) is 4.79 Å². The minimum atomic E-state index is -0.0346. The van der Waals surface area contributed by atoms with Crippen LogP contribution in [0.1, 0.15) is 60.9 Å². The number of carbonyl (C=O) groups excluding carboxylic acids is 1. The van der Waals surface area contributed by atoms with E-state index in [2.05, 4.69) is 0 Å². The minimum absolute atomic E-state index is 0.0346. The number of rotatable bonds is 2. The van der Waals surface area contributed by atoms with Crippen molar-refractivity contribution in [3.05, 3.63) is 34.3 Å². The molecule has 2 aliphatic rings. The van der Waals surface area contributed by atoms with Crippen LogP contribution >= 0.6 is 11.6 Å². The molecule has 1 saturated heterocycles. The number of carbonyl (C=O) groups is 1. The van der Waals surface area contributed by atoms with Crippen molar-refractivity contribution < 1.29 is 9.53 Å². The SMILES string of the molecule is Cc1cccc(C(=O)C2CCOC3(CCCCC3)C2)c1Cl. The number of hydrogen-bond acceptors (Lipinski definition) is 2. The molecule has 21 heavy (non-hydrogen) atoms. The molecule has 0 aromatic heterocycles. The van der Waals surface area contributed by atoms with E-state index in [-0.39, 0.29) is 17.3 Å². The average Bonchev–Trinajstić information content (AvgIpc) is 2.50. The number of Topliss-reactive ketones (excluding diaryl/α,β-unsaturated/α-hetero) is 1. The average molecular weight is 307 g/mol. The van der Waals surface area contributed by atoms with Crippen molar-refractivity contribution in [2.45, 2.75) is 57.5 Å². The Morgan fingerprint density at radius 2 is 2.05 bits per heavy atom. The van der Waals surface area contributed by atoms with Gasteiger partial charge in [-0.3, -0.25) is 4.79 Å². The highest BCUT2D eigenvalue weighted by Gasteiger charge is 2.41. The van der Waals surface area contributed by atoms with Gasteiger partial charge in [-0.05, 0) is 44.2 Å². The second-order valence-corrected chi connectivity index (χ2v) is 6.96. The second-order valence-electron chi connectivity index (χ2n) is 6.58. The van der Waals surface area contributed by atoms with Crippen LogP contribution in [0.4, 0.5) is 0 Å². The normalized spacial score (nSPS) is 25.0. The Balaban J connectivity index is 1.79. The lowest BCUT2D eigenvalue weighted by Crippen LogP contribution is -2.43. The first-order valence-electron chi connectivity index (χ1n) is 8.05. The number of benzene rings is 1. The molecule has 2 fully saturated rings. The van der Waals surface area contributed by atoms with Gasteiger partial charge in [0.05, 0.1) is 10.6 Å². The highest BCUT2D eigenvalue weighted by Crippen LogP contribution is 2.42. The Kier molecular flexibility index (Phi) is 4.37. The van der Waals surface area contributed by atoms with Gasteiger partial charge in [0.1, 0.15) is 0 Å². The predicted octanol–water partition coefficient (Wildman–Crippen LogP) is 4.96. The molecule has 1 aromatic rings. The molecule has 1 aromatic carbocycles. The van der Waals surface area contributed by atoms with Gasteiger partial charge in [-0.2, -0.15) is 0 Å². The monoisotopic (exact) mass is 306 g/mol. The standard InChI is InChI=1S/C18H23ClO2/c1-13-6-5-7-15(16(13)19)17(20)14-8-11-21-18(12-14)9-3-2-4-10-18/h5-7,14H,2-4,8-12H2,1H3. The Labute approximate surface area is 131 Å². The molecule has 0 radical (unpaired) electrons. The molecule has 3 heteroatoms. The van der Waals surface area contributed by atoms with E-state index in [1.807, 2.05) is 25.1 Å². The molecule has 3 rings (SSSR count). The third-order valence-electron chi connectivity index (χ3n) is 5.09. The summed E-state index contributed by atoms with van der Waals surface area (Å²) in [5.41, 5.74) is 1.63. The minimum Gasteiger partial charge on any atom is -0.375 e. The fourth-order valence-corrected chi connectivity index (χ4v) is 4.07. The lowest BCUT2D eigenvalue weighted by atomic mass is 9.74. The molecule has 1 spiro atoms. The van der Waals surface area contributed by atoms with Crippen LogP contribution in [0.15, 0.2) is 18.2 Å². The Bertz CT molecular complexity index is 527. The van der Waals surface area contributed by atoms with Crippen LogP contribution in [0.25, 0.3) is 0 Å². The van der Waals surface area contributed by atoms with E-state index < -0.39 is 0 Å². The van der Waals surface area contributed by atoms with Gasteiger partial charge >= 0.3 is 0 Å². The van der Waals surface area contributed by atoms with Crippen LogP contribution in [0.5, 0.6) is 0 Å². The number of ether oxygens (including phenoxy) is 1. The molecular formula is C18H23ClO2. The highest BCUT2D eigenvalue weighted by molar-refractivity contribution is 6.34. The van der Waals surface area contributed by atoms with E-state index in [0.29, 0.717) is 17.2 Å². The molecule has 1 aliphatic carbocycles. The molecule has 1 aliphatic heterocycles. The predicted molar refractivity (Wildman–Crippen MR) is 85.0 cm³/mol. The summed E-state index contributed by atoms with van der Waals surface area (Å²) in [6.07, 6.45) is 7.67. The maximum atomic E-state index is 12.9. The molecule has 0 N–H and O–H groups in total. The zero-order chi connectivity index (χ0) is 14.9. The van der Waals surface area contributed by atoms with Crippen LogP contribution < -0.4 is 0 Å². The van der Waals surface area contributed by atoms with E-state index in [0.717, 1.165) is 31.2 Å². The van der Waals surface area contributed by atoms with E-state index in [1.165, 1.54) is 19.3 Å². The zero-order valence-corrected chi connectivity index (χ0v) is 13.4. The van der Waals surface area contributed by atoms with Gasteiger partial charge in [-0.1, -0.05) is 43.0 Å². The van der Waals surface area contributed by atoms with Crippen molar-refractivity contribution in [3.8, 4) is 0 Å². The molecule has 1 atom stereocenters. The number of hydrogen-bond donors (Lipinski definition) is 0. The van der Waals surface area contributed by atoms with Crippen molar-refractivity contribution in [1.82, 2.24) is 0 Å².